The largest absolute Gasteiger partial charge is 0.357 e. The summed E-state index contributed by atoms with van der Waals surface area (Å²) < 4.78 is 1.50. The molecule has 1 aliphatic heterocycles. The quantitative estimate of drug-likeness (QED) is 0.378. The number of nitrogens with zero attached hydrogens (tertiary/aromatic N) is 6. The molecule has 1 aromatic carbocycles. The Hall–Kier alpha value is -4.34. The van der Waals surface area contributed by atoms with E-state index in [1.807, 2.05) is 25.1 Å². The van der Waals surface area contributed by atoms with Gasteiger partial charge in [-0.3, -0.25) is 14.4 Å². The summed E-state index contributed by atoms with van der Waals surface area (Å²) in [5, 5.41) is 8.40. The van der Waals surface area contributed by atoms with Crippen LogP contribution >= 0.6 is 0 Å². The number of carbonyl (C=O) groups is 3. The molecule has 2 amide bonds. The summed E-state index contributed by atoms with van der Waals surface area (Å²) in [4.78, 5) is 49.5. The van der Waals surface area contributed by atoms with Crippen molar-refractivity contribution in [3.63, 3.8) is 0 Å². The van der Waals surface area contributed by atoms with E-state index >= 15 is 0 Å². The first kappa shape index (κ1) is 20.6. The monoisotopic (exact) mass is 443 g/mol. The fraction of sp³-hybridized carbons (Fsp3) is 0.217. The minimum Gasteiger partial charge on any atom is -0.357 e. The normalized spacial score (nSPS) is 14.0. The van der Waals surface area contributed by atoms with Gasteiger partial charge >= 0.3 is 0 Å². The number of H-pyrrole nitrogens is 1. The minimum absolute atomic E-state index is 0.0746. The molecule has 3 aromatic heterocycles. The Morgan fingerprint density at radius 2 is 1.73 bits per heavy atom. The number of hydrogen-bond acceptors (Lipinski definition) is 6. The van der Waals surface area contributed by atoms with E-state index in [2.05, 4.69) is 20.3 Å². The molecule has 166 valence electrons. The van der Waals surface area contributed by atoms with Gasteiger partial charge in [-0.25, -0.2) is 9.67 Å². The van der Waals surface area contributed by atoms with Gasteiger partial charge in [0.15, 0.2) is 5.82 Å². The SMILES string of the molecule is Cc1cnc(-n2ccnn2)c2[nH]cc(C(=O)C(=O)N3CCN(C(=O)c4ccccc4)CC3)c12. The van der Waals surface area contributed by atoms with E-state index in [4.69, 9.17) is 0 Å². The Kier molecular flexibility index (Phi) is 5.17. The van der Waals surface area contributed by atoms with Crippen molar-refractivity contribution in [1.29, 1.82) is 0 Å². The van der Waals surface area contributed by atoms with Crippen LogP contribution in [0, 0.1) is 6.92 Å². The second-order valence-corrected chi connectivity index (χ2v) is 7.84. The number of Topliss-reactive ketones (excluding diaryl/α,β-unsaturated/α-hetero) is 1. The molecule has 4 aromatic rings. The molecule has 1 aliphatic rings. The molecule has 0 aliphatic carbocycles. The molecular weight excluding hydrogens is 422 g/mol. The molecule has 5 rings (SSSR count). The number of hydrogen-bond donors (Lipinski definition) is 1. The molecule has 1 fully saturated rings. The van der Waals surface area contributed by atoms with Crippen molar-refractivity contribution in [2.45, 2.75) is 6.92 Å². The maximum atomic E-state index is 13.2. The number of benzene rings is 1. The minimum atomic E-state index is -0.595. The summed E-state index contributed by atoms with van der Waals surface area (Å²) in [5.41, 5.74) is 2.28. The summed E-state index contributed by atoms with van der Waals surface area (Å²) in [6.07, 6.45) is 6.37. The van der Waals surface area contributed by atoms with Crippen LogP contribution in [0.1, 0.15) is 26.3 Å². The molecule has 0 radical (unpaired) electrons. The van der Waals surface area contributed by atoms with Crippen LogP contribution in [-0.2, 0) is 4.79 Å². The second kappa shape index (κ2) is 8.30. The number of aryl methyl sites for hydroxylation is 1. The molecular formula is C23H21N7O3. The van der Waals surface area contributed by atoms with Gasteiger partial charge in [-0.15, -0.1) is 5.10 Å². The lowest BCUT2D eigenvalue weighted by atomic mass is 10.1. The number of pyridine rings is 1. The van der Waals surface area contributed by atoms with E-state index in [0.717, 1.165) is 5.56 Å². The van der Waals surface area contributed by atoms with Gasteiger partial charge in [0.1, 0.15) is 0 Å². The number of piperazine rings is 1. The Labute approximate surface area is 188 Å². The summed E-state index contributed by atoms with van der Waals surface area (Å²) >= 11 is 0. The third-order valence-corrected chi connectivity index (χ3v) is 5.83. The van der Waals surface area contributed by atoms with E-state index in [1.54, 1.807) is 29.4 Å². The second-order valence-electron chi connectivity index (χ2n) is 7.84. The van der Waals surface area contributed by atoms with E-state index in [1.165, 1.54) is 22.0 Å². The first-order chi connectivity index (χ1) is 16.0. The zero-order valence-corrected chi connectivity index (χ0v) is 17.9. The molecule has 10 heteroatoms. The number of aromatic nitrogens is 5. The van der Waals surface area contributed by atoms with Gasteiger partial charge in [0.25, 0.3) is 17.6 Å². The molecule has 0 spiro atoms. The molecule has 1 N–H and O–H groups in total. The fourth-order valence-corrected chi connectivity index (χ4v) is 4.11. The maximum Gasteiger partial charge on any atom is 0.295 e. The van der Waals surface area contributed by atoms with Gasteiger partial charge in [0.05, 0.1) is 23.5 Å². The molecule has 0 bridgehead atoms. The standard InChI is InChI=1S/C23H21N7O3/c1-15-13-25-21(30-8-7-26-27-30)19-18(15)17(14-24-19)20(31)23(33)29-11-9-28(10-12-29)22(32)16-5-3-2-4-6-16/h2-8,13-14,24H,9-12H2,1H3. The summed E-state index contributed by atoms with van der Waals surface area (Å²) in [6, 6.07) is 9.03. The molecule has 10 nitrogen and oxygen atoms in total. The zero-order valence-electron chi connectivity index (χ0n) is 17.9. The zero-order chi connectivity index (χ0) is 22.9. The van der Waals surface area contributed by atoms with Gasteiger partial charge in [0, 0.05) is 49.5 Å². The maximum absolute atomic E-state index is 13.2. The lowest BCUT2D eigenvalue weighted by Gasteiger charge is -2.34. The van der Waals surface area contributed by atoms with Crippen molar-refractivity contribution in [3.05, 3.63) is 71.8 Å². The van der Waals surface area contributed by atoms with E-state index < -0.39 is 11.7 Å². The van der Waals surface area contributed by atoms with Crippen molar-refractivity contribution < 1.29 is 14.4 Å². The fourth-order valence-electron chi connectivity index (χ4n) is 4.11. The van der Waals surface area contributed by atoms with Gasteiger partial charge < -0.3 is 14.8 Å². The smallest absolute Gasteiger partial charge is 0.295 e. The predicted molar refractivity (Wildman–Crippen MR) is 119 cm³/mol. The predicted octanol–water partition coefficient (Wildman–Crippen LogP) is 1.62. The Bertz CT molecular complexity index is 1340. The first-order valence-corrected chi connectivity index (χ1v) is 10.6. The molecule has 0 atom stereocenters. The Morgan fingerprint density at radius 3 is 2.42 bits per heavy atom. The van der Waals surface area contributed by atoms with Crippen LogP contribution in [0.4, 0.5) is 0 Å². The van der Waals surface area contributed by atoms with Crippen molar-refractivity contribution in [2.75, 3.05) is 26.2 Å². The highest BCUT2D eigenvalue weighted by molar-refractivity contribution is 6.45. The van der Waals surface area contributed by atoms with Crippen LogP contribution in [0.15, 0.2) is 55.1 Å². The molecule has 0 unspecified atom stereocenters. The van der Waals surface area contributed by atoms with E-state index in [-0.39, 0.29) is 5.91 Å². The van der Waals surface area contributed by atoms with Crippen molar-refractivity contribution in [3.8, 4) is 5.82 Å². The topological polar surface area (TPSA) is 117 Å². The van der Waals surface area contributed by atoms with Crippen molar-refractivity contribution in [2.24, 2.45) is 0 Å². The van der Waals surface area contributed by atoms with Crippen LogP contribution in [0.25, 0.3) is 16.7 Å². The van der Waals surface area contributed by atoms with Crippen LogP contribution in [0.2, 0.25) is 0 Å². The highest BCUT2D eigenvalue weighted by Crippen LogP contribution is 2.26. The lowest BCUT2D eigenvalue weighted by molar-refractivity contribution is -0.127. The average molecular weight is 443 g/mol. The summed E-state index contributed by atoms with van der Waals surface area (Å²) in [7, 11) is 0. The number of aromatic amines is 1. The number of ketones is 1. The number of fused-ring (bicyclic) bond motifs is 1. The highest BCUT2D eigenvalue weighted by atomic mass is 16.2. The van der Waals surface area contributed by atoms with Crippen LogP contribution < -0.4 is 0 Å². The summed E-state index contributed by atoms with van der Waals surface area (Å²) in [6.45, 7) is 3.19. The first-order valence-electron chi connectivity index (χ1n) is 10.6. The van der Waals surface area contributed by atoms with Crippen molar-refractivity contribution >= 4 is 28.5 Å². The third kappa shape index (κ3) is 3.65. The van der Waals surface area contributed by atoms with Crippen LogP contribution in [0.3, 0.4) is 0 Å². The highest BCUT2D eigenvalue weighted by Gasteiger charge is 2.30. The van der Waals surface area contributed by atoms with Gasteiger partial charge in [-0.05, 0) is 24.6 Å². The lowest BCUT2D eigenvalue weighted by Crippen LogP contribution is -2.52. The average Bonchev–Trinajstić information content (AvgIpc) is 3.55. The van der Waals surface area contributed by atoms with E-state index in [9.17, 15) is 14.4 Å². The number of nitrogens with one attached hydrogen (secondary N) is 1. The number of amides is 2. The van der Waals surface area contributed by atoms with Crippen LogP contribution in [-0.4, -0.2) is 78.5 Å². The van der Waals surface area contributed by atoms with E-state index in [0.29, 0.717) is 54.0 Å². The molecule has 0 saturated carbocycles. The molecule has 33 heavy (non-hydrogen) atoms. The van der Waals surface area contributed by atoms with Gasteiger partial charge in [0.2, 0.25) is 0 Å². The Balaban J connectivity index is 1.34. The number of carbonyl (C=O) groups excluding carboxylic acids is 3. The van der Waals surface area contributed by atoms with Gasteiger partial charge in [-0.2, -0.15) is 0 Å². The summed E-state index contributed by atoms with van der Waals surface area (Å²) in [5.74, 6) is -0.758. The third-order valence-electron chi connectivity index (χ3n) is 5.83. The van der Waals surface area contributed by atoms with Crippen molar-refractivity contribution in [1.82, 2.24) is 34.8 Å². The number of rotatable bonds is 4. The van der Waals surface area contributed by atoms with Crippen LogP contribution in [0.5, 0.6) is 0 Å². The molecule has 4 heterocycles. The molecule has 1 saturated heterocycles. The Morgan fingerprint density at radius 1 is 1.00 bits per heavy atom. The van der Waals surface area contributed by atoms with Gasteiger partial charge in [-0.1, -0.05) is 23.4 Å².